The Hall–Kier alpha value is -0.420. The van der Waals surface area contributed by atoms with Crippen molar-refractivity contribution in [3.63, 3.8) is 0 Å². The molecule has 0 amide bonds. The molecule has 1 saturated carbocycles. The van der Waals surface area contributed by atoms with Gasteiger partial charge in [0.1, 0.15) is 11.7 Å². The minimum Gasteiger partial charge on any atom is -0.363 e. The van der Waals surface area contributed by atoms with E-state index in [4.69, 9.17) is 9.47 Å². The van der Waals surface area contributed by atoms with Crippen molar-refractivity contribution < 1.29 is 9.47 Å². The van der Waals surface area contributed by atoms with E-state index in [2.05, 4.69) is 50.5 Å². The molecule has 0 bridgehead atoms. The molecule has 3 atom stereocenters. The number of allylic oxidation sites excluding steroid dienone is 1. The second-order valence-corrected chi connectivity index (χ2v) is 10.6. The summed E-state index contributed by atoms with van der Waals surface area (Å²) in [6.07, 6.45) is 12.0. The van der Waals surface area contributed by atoms with Crippen LogP contribution in [0.1, 0.15) is 79.6 Å². The van der Waals surface area contributed by atoms with Crippen molar-refractivity contribution in [2.45, 2.75) is 109 Å². The van der Waals surface area contributed by atoms with Gasteiger partial charge in [0.2, 0.25) is 0 Å². The summed E-state index contributed by atoms with van der Waals surface area (Å²) in [6, 6.07) is 0.805. The topological polar surface area (TPSA) is 31.5 Å². The summed E-state index contributed by atoms with van der Waals surface area (Å²) in [5.41, 5.74) is 1.51. The Morgan fingerprint density at radius 3 is 2.41 bits per heavy atom. The van der Waals surface area contributed by atoms with Crippen LogP contribution in [-0.2, 0) is 9.47 Å². The molecule has 166 valence electrons. The van der Waals surface area contributed by atoms with E-state index < -0.39 is 0 Å². The molecule has 29 heavy (non-hydrogen) atoms. The van der Waals surface area contributed by atoms with Crippen LogP contribution in [0.2, 0.25) is 0 Å². The van der Waals surface area contributed by atoms with Gasteiger partial charge >= 0.3 is 0 Å². The first-order valence-electron chi connectivity index (χ1n) is 12.4. The predicted molar refractivity (Wildman–Crippen MR) is 119 cm³/mol. The number of ether oxygens (including phenoxy) is 2. The highest BCUT2D eigenvalue weighted by Gasteiger charge is 2.73. The van der Waals surface area contributed by atoms with E-state index in [-0.39, 0.29) is 11.2 Å². The first kappa shape index (κ1) is 21.8. The third-order valence-electron chi connectivity index (χ3n) is 8.30. The molecule has 1 spiro atoms. The Bertz CT molecular complexity index is 584. The summed E-state index contributed by atoms with van der Waals surface area (Å²) in [7, 11) is 0. The molecule has 0 N–H and O–H groups in total. The van der Waals surface area contributed by atoms with Gasteiger partial charge in [0.25, 0.3) is 0 Å². The number of epoxide rings is 2. The Morgan fingerprint density at radius 2 is 1.79 bits per heavy atom. The molecular weight excluding hydrogens is 360 g/mol. The SMILES string of the molecule is CCN(CC)CCCC1CN(C2CCC3(CC2)OC3[C@]2(C)O[C@@H]2CC=C(C)C)C1. The van der Waals surface area contributed by atoms with E-state index >= 15 is 0 Å². The van der Waals surface area contributed by atoms with Crippen LogP contribution in [0.15, 0.2) is 11.6 Å². The highest BCUT2D eigenvalue weighted by Crippen LogP contribution is 2.60. The van der Waals surface area contributed by atoms with E-state index in [0.717, 1.165) is 18.4 Å². The summed E-state index contributed by atoms with van der Waals surface area (Å²) >= 11 is 0. The lowest BCUT2D eigenvalue weighted by Gasteiger charge is -2.47. The number of hydrogen-bond acceptors (Lipinski definition) is 4. The monoisotopic (exact) mass is 404 g/mol. The second kappa shape index (κ2) is 8.61. The van der Waals surface area contributed by atoms with Crippen LogP contribution < -0.4 is 0 Å². The van der Waals surface area contributed by atoms with Crippen LogP contribution in [-0.4, -0.2) is 72.0 Å². The van der Waals surface area contributed by atoms with Crippen LogP contribution in [0.5, 0.6) is 0 Å². The molecule has 3 heterocycles. The van der Waals surface area contributed by atoms with Gasteiger partial charge in [0.05, 0.1) is 11.7 Å². The zero-order valence-electron chi connectivity index (χ0n) is 19.6. The average Bonchev–Trinajstić information content (AvgIpc) is 3.56. The van der Waals surface area contributed by atoms with Crippen molar-refractivity contribution in [1.29, 1.82) is 0 Å². The minimum absolute atomic E-state index is 0.0223. The van der Waals surface area contributed by atoms with Crippen molar-refractivity contribution in [3.8, 4) is 0 Å². The lowest BCUT2D eigenvalue weighted by molar-refractivity contribution is 0.0182. The summed E-state index contributed by atoms with van der Waals surface area (Å²) in [5, 5.41) is 0. The van der Waals surface area contributed by atoms with Gasteiger partial charge in [-0.05, 0) is 91.3 Å². The minimum atomic E-state index is -0.0223. The fourth-order valence-corrected chi connectivity index (χ4v) is 6.04. The number of likely N-dealkylation sites (tertiary alicyclic amines) is 1. The number of hydrogen-bond donors (Lipinski definition) is 0. The lowest BCUT2D eigenvalue weighted by atomic mass is 9.78. The van der Waals surface area contributed by atoms with Crippen molar-refractivity contribution in [1.82, 2.24) is 9.80 Å². The van der Waals surface area contributed by atoms with E-state index in [0.29, 0.717) is 12.2 Å². The zero-order chi connectivity index (χ0) is 20.6. The summed E-state index contributed by atoms with van der Waals surface area (Å²) in [6.45, 7) is 17.5. The Balaban J connectivity index is 1.14. The second-order valence-electron chi connectivity index (χ2n) is 10.6. The van der Waals surface area contributed by atoms with Gasteiger partial charge in [-0.3, -0.25) is 4.90 Å². The standard InChI is InChI=1S/C25H44N2O2/c1-6-26(7-2)16-8-9-20-17-27(18-20)21-12-14-25(15-13-21)23(29-25)24(5)22(28-24)11-10-19(3)4/h10,20-23H,6-9,11-18H2,1-5H3/t21?,22-,23?,24-,25?/m1/s1. The molecule has 4 aliphatic rings. The Labute approximate surface area is 179 Å². The molecule has 0 aromatic rings. The van der Waals surface area contributed by atoms with Gasteiger partial charge in [-0.25, -0.2) is 0 Å². The van der Waals surface area contributed by atoms with Gasteiger partial charge < -0.3 is 14.4 Å². The molecule has 0 radical (unpaired) electrons. The van der Waals surface area contributed by atoms with Gasteiger partial charge in [0.15, 0.2) is 0 Å². The van der Waals surface area contributed by atoms with Crippen molar-refractivity contribution in [2.75, 3.05) is 32.7 Å². The first-order valence-corrected chi connectivity index (χ1v) is 12.4. The molecule has 1 aliphatic carbocycles. The number of rotatable bonds is 10. The highest BCUT2D eigenvalue weighted by molar-refractivity contribution is 5.22. The molecular formula is C25H44N2O2. The third kappa shape index (κ3) is 4.61. The van der Waals surface area contributed by atoms with E-state index in [1.165, 1.54) is 76.8 Å². The van der Waals surface area contributed by atoms with Crippen LogP contribution in [0.3, 0.4) is 0 Å². The van der Waals surface area contributed by atoms with E-state index in [1.54, 1.807) is 0 Å². The lowest BCUT2D eigenvalue weighted by Crippen LogP contribution is -2.53. The third-order valence-corrected chi connectivity index (χ3v) is 8.30. The Morgan fingerprint density at radius 1 is 1.10 bits per heavy atom. The van der Waals surface area contributed by atoms with Crippen LogP contribution >= 0.6 is 0 Å². The fraction of sp³-hybridized carbons (Fsp3) is 0.920. The molecule has 0 aromatic carbocycles. The molecule has 4 nitrogen and oxygen atoms in total. The molecule has 4 rings (SSSR count). The van der Waals surface area contributed by atoms with Gasteiger partial charge in [-0.15, -0.1) is 0 Å². The highest BCUT2D eigenvalue weighted by atomic mass is 16.7. The van der Waals surface area contributed by atoms with Crippen molar-refractivity contribution >= 4 is 0 Å². The van der Waals surface area contributed by atoms with Gasteiger partial charge in [-0.1, -0.05) is 25.5 Å². The van der Waals surface area contributed by atoms with Crippen LogP contribution in [0, 0.1) is 5.92 Å². The zero-order valence-corrected chi connectivity index (χ0v) is 19.6. The number of nitrogens with zero attached hydrogens (tertiary/aromatic N) is 2. The molecule has 0 aromatic heterocycles. The smallest absolute Gasteiger partial charge is 0.121 e. The van der Waals surface area contributed by atoms with Crippen molar-refractivity contribution in [2.24, 2.45) is 5.92 Å². The summed E-state index contributed by atoms with van der Waals surface area (Å²) < 4.78 is 12.5. The maximum atomic E-state index is 6.34. The average molecular weight is 405 g/mol. The van der Waals surface area contributed by atoms with E-state index in [1.807, 2.05) is 0 Å². The largest absolute Gasteiger partial charge is 0.363 e. The fourth-order valence-electron chi connectivity index (χ4n) is 6.04. The molecule has 1 unspecified atom stereocenters. The van der Waals surface area contributed by atoms with Gasteiger partial charge in [-0.2, -0.15) is 0 Å². The molecule has 4 heteroatoms. The van der Waals surface area contributed by atoms with Gasteiger partial charge in [0, 0.05) is 19.1 Å². The van der Waals surface area contributed by atoms with Crippen LogP contribution in [0.4, 0.5) is 0 Å². The predicted octanol–water partition coefficient (Wildman–Crippen LogP) is 4.63. The first-order chi connectivity index (χ1) is 13.9. The van der Waals surface area contributed by atoms with Crippen LogP contribution in [0.25, 0.3) is 0 Å². The van der Waals surface area contributed by atoms with Crippen molar-refractivity contribution in [3.05, 3.63) is 11.6 Å². The quantitative estimate of drug-likeness (QED) is 0.392. The maximum absolute atomic E-state index is 6.34. The maximum Gasteiger partial charge on any atom is 0.121 e. The Kier molecular flexibility index (Phi) is 6.47. The van der Waals surface area contributed by atoms with E-state index in [9.17, 15) is 0 Å². The normalized spacial score (nSPS) is 39.6. The molecule has 3 aliphatic heterocycles. The molecule has 4 fully saturated rings. The molecule has 3 saturated heterocycles. The summed E-state index contributed by atoms with van der Waals surface area (Å²) in [5.74, 6) is 0.945. The summed E-state index contributed by atoms with van der Waals surface area (Å²) in [4.78, 5) is 5.32.